The van der Waals surface area contributed by atoms with Crippen molar-refractivity contribution in [3.8, 4) is 0 Å². The van der Waals surface area contributed by atoms with Crippen LogP contribution in [0.3, 0.4) is 0 Å². The monoisotopic (exact) mass is 347 g/mol. The molecule has 0 spiro atoms. The normalized spacial score (nSPS) is 21.2. The molecular formula is C17H21N3O3S. The minimum atomic E-state index is 0.0430. The molecule has 6 nitrogen and oxygen atoms in total. The van der Waals surface area contributed by atoms with Gasteiger partial charge in [-0.25, -0.2) is 0 Å². The predicted octanol–water partition coefficient (Wildman–Crippen LogP) is 2.76. The fourth-order valence-electron chi connectivity index (χ4n) is 3.00. The van der Waals surface area contributed by atoms with Crippen molar-refractivity contribution in [1.82, 2.24) is 15.0 Å². The maximum absolute atomic E-state index is 12.4. The first kappa shape index (κ1) is 15.8. The van der Waals surface area contributed by atoms with Crippen LogP contribution >= 0.6 is 11.3 Å². The zero-order chi connectivity index (χ0) is 16.4. The molecule has 0 bridgehead atoms. The average Bonchev–Trinajstić information content (AvgIpc) is 3.13. The fourth-order valence-corrected chi connectivity index (χ4v) is 3.67. The number of hydrogen-bond acceptors (Lipinski definition) is 6. The predicted molar refractivity (Wildman–Crippen MR) is 88.7 cm³/mol. The third-order valence-corrected chi connectivity index (χ3v) is 5.27. The highest BCUT2D eigenvalue weighted by molar-refractivity contribution is 7.07. The number of aromatic nitrogens is 2. The summed E-state index contributed by atoms with van der Waals surface area (Å²) in [5.74, 6) is 2.02. The molecule has 1 unspecified atom stereocenters. The molecule has 0 aromatic carbocycles. The van der Waals surface area contributed by atoms with Gasteiger partial charge in [-0.2, -0.15) is 16.3 Å². The van der Waals surface area contributed by atoms with Crippen LogP contribution in [-0.4, -0.2) is 40.1 Å². The molecule has 2 aromatic rings. The number of rotatable bonds is 6. The highest BCUT2D eigenvalue weighted by Gasteiger charge is 2.29. The first-order chi connectivity index (χ1) is 11.8. The van der Waals surface area contributed by atoms with Crippen LogP contribution in [0.25, 0.3) is 0 Å². The summed E-state index contributed by atoms with van der Waals surface area (Å²) >= 11 is 1.62. The van der Waals surface area contributed by atoms with Gasteiger partial charge in [0, 0.05) is 19.0 Å². The zero-order valence-electron chi connectivity index (χ0n) is 13.5. The Labute approximate surface area is 144 Å². The molecule has 1 amide bonds. The molecule has 2 aliphatic rings. The van der Waals surface area contributed by atoms with Gasteiger partial charge in [-0.3, -0.25) is 4.79 Å². The van der Waals surface area contributed by atoms with Crippen molar-refractivity contribution in [3.05, 3.63) is 34.1 Å². The van der Waals surface area contributed by atoms with Gasteiger partial charge in [-0.1, -0.05) is 5.16 Å². The van der Waals surface area contributed by atoms with Gasteiger partial charge in [0.25, 0.3) is 5.89 Å². The smallest absolute Gasteiger partial charge is 0.252 e. The second kappa shape index (κ2) is 7.03. The minimum absolute atomic E-state index is 0.0430. The Morgan fingerprint density at radius 2 is 2.33 bits per heavy atom. The lowest BCUT2D eigenvalue weighted by atomic mass is 10.1. The largest absolute Gasteiger partial charge is 0.367 e. The molecule has 24 heavy (non-hydrogen) atoms. The molecule has 1 saturated heterocycles. The second-order valence-corrected chi connectivity index (χ2v) is 7.32. The number of ether oxygens (including phenoxy) is 1. The van der Waals surface area contributed by atoms with Gasteiger partial charge in [0.2, 0.25) is 5.91 Å². The number of likely N-dealkylation sites (tertiary alicyclic amines) is 1. The van der Waals surface area contributed by atoms with Crippen LogP contribution in [0.15, 0.2) is 21.3 Å². The van der Waals surface area contributed by atoms with Crippen molar-refractivity contribution < 1.29 is 14.1 Å². The summed E-state index contributed by atoms with van der Waals surface area (Å²) in [6.07, 6.45) is 4.77. The summed E-state index contributed by atoms with van der Waals surface area (Å²) in [5.41, 5.74) is 1.09. The van der Waals surface area contributed by atoms with Crippen LogP contribution in [-0.2, 0) is 22.6 Å². The molecule has 1 atom stereocenters. The van der Waals surface area contributed by atoms with Crippen molar-refractivity contribution in [1.29, 1.82) is 0 Å². The third-order valence-electron chi connectivity index (χ3n) is 4.54. The van der Waals surface area contributed by atoms with E-state index in [4.69, 9.17) is 9.26 Å². The summed E-state index contributed by atoms with van der Waals surface area (Å²) in [7, 11) is 0. The molecule has 0 radical (unpaired) electrons. The first-order valence-corrected chi connectivity index (χ1v) is 9.45. The summed E-state index contributed by atoms with van der Waals surface area (Å²) in [4.78, 5) is 18.7. The molecule has 1 saturated carbocycles. The van der Waals surface area contributed by atoms with E-state index in [2.05, 4.69) is 10.1 Å². The number of carbonyl (C=O) groups is 1. The number of nitrogens with zero attached hydrogens (tertiary/aromatic N) is 3. The molecule has 1 aliphatic heterocycles. The van der Waals surface area contributed by atoms with E-state index < -0.39 is 0 Å². The molecule has 2 fully saturated rings. The topological polar surface area (TPSA) is 68.5 Å². The van der Waals surface area contributed by atoms with E-state index in [-0.39, 0.29) is 12.0 Å². The summed E-state index contributed by atoms with van der Waals surface area (Å²) in [5, 5.41) is 8.03. The Hall–Kier alpha value is -1.73. The number of carbonyl (C=O) groups excluding carboxylic acids is 1. The minimum Gasteiger partial charge on any atom is -0.367 e. The Morgan fingerprint density at radius 1 is 1.42 bits per heavy atom. The first-order valence-electron chi connectivity index (χ1n) is 8.51. The Balaban J connectivity index is 1.27. The van der Waals surface area contributed by atoms with Crippen LogP contribution in [0.5, 0.6) is 0 Å². The van der Waals surface area contributed by atoms with Gasteiger partial charge < -0.3 is 14.2 Å². The highest BCUT2D eigenvalue weighted by Crippen LogP contribution is 2.38. The molecule has 2 aromatic heterocycles. The summed E-state index contributed by atoms with van der Waals surface area (Å²) < 4.78 is 11.1. The lowest BCUT2D eigenvalue weighted by molar-refractivity contribution is -0.135. The lowest BCUT2D eigenvalue weighted by Gasteiger charge is -2.32. The molecule has 4 rings (SSSR count). The third kappa shape index (κ3) is 3.84. The van der Waals surface area contributed by atoms with Crippen LogP contribution in [0.1, 0.15) is 48.9 Å². The number of hydrogen-bond donors (Lipinski definition) is 0. The summed E-state index contributed by atoms with van der Waals surface area (Å²) in [6, 6.07) is 2.01. The van der Waals surface area contributed by atoms with Gasteiger partial charge in [0.05, 0.1) is 12.5 Å². The van der Waals surface area contributed by atoms with Crippen molar-refractivity contribution in [3.63, 3.8) is 0 Å². The van der Waals surface area contributed by atoms with E-state index in [0.717, 1.165) is 43.6 Å². The van der Waals surface area contributed by atoms with E-state index in [1.54, 1.807) is 11.3 Å². The summed E-state index contributed by atoms with van der Waals surface area (Å²) in [6.45, 7) is 1.79. The molecule has 3 heterocycles. The zero-order valence-corrected chi connectivity index (χ0v) is 14.3. The van der Waals surface area contributed by atoms with Gasteiger partial charge in [0.15, 0.2) is 5.82 Å². The van der Waals surface area contributed by atoms with Crippen molar-refractivity contribution in [2.45, 2.75) is 50.7 Å². The standard InChI is InChI=1S/C17H21N3O3S/c21-16(8-12-5-7-24-11-12)20-6-1-2-14(9-20)22-10-15-18-17(19-23-15)13-3-4-13/h5,7,11,13-14H,1-4,6,8-10H2. The average molecular weight is 347 g/mol. The molecule has 7 heteroatoms. The van der Waals surface area contributed by atoms with E-state index in [1.165, 1.54) is 0 Å². The fraction of sp³-hybridized carbons (Fsp3) is 0.588. The molecule has 1 aliphatic carbocycles. The second-order valence-electron chi connectivity index (χ2n) is 6.54. The Morgan fingerprint density at radius 3 is 3.12 bits per heavy atom. The van der Waals surface area contributed by atoms with E-state index >= 15 is 0 Å². The molecule has 128 valence electrons. The van der Waals surface area contributed by atoms with Gasteiger partial charge in [-0.05, 0) is 48.1 Å². The van der Waals surface area contributed by atoms with E-state index in [0.29, 0.717) is 31.4 Å². The van der Waals surface area contributed by atoms with Crippen molar-refractivity contribution in [2.75, 3.05) is 13.1 Å². The van der Waals surface area contributed by atoms with Gasteiger partial charge in [0.1, 0.15) is 6.61 Å². The Kier molecular flexibility index (Phi) is 4.62. The van der Waals surface area contributed by atoms with Crippen LogP contribution in [0.4, 0.5) is 0 Å². The quantitative estimate of drug-likeness (QED) is 0.804. The van der Waals surface area contributed by atoms with Crippen LogP contribution in [0, 0.1) is 0 Å². The van der Waals surface area contributed by atoms with E-state index in [9.17, 15) is 4.79 Å². The number of amides is 1. The lowest BCUT2D eigenvalue weighted by Crippen LogP contribution is -2.43. The van der Waals surface area contributed by atoms with E-state index in [1.807, 2.05) is 21.7 Å². The van der Waals surface area contributed by atoms with Gasteiger partial charge in [-0.15, -0.1) is 0 Å². The Bertz CT molecular complexity index is 681. The number of piperidine rings is 1. The van der Waals surface area contributed by atoms with Gasteiger partial charge >= 0.3 is 0 Å². The maximum Gasteiger partial charge on any atom is 0.252 e. The molecular weight excluding hydrogens is 326 g/mol. The highest BCUT2D eigenvalue weighted by atomic mass is 32.1. The van der Waals surface area contributed by atoms with Crippen molar-refractivity contribution in [2.24, 2.45) is 0 Å². The van der Waals surface area contributed by atoms with Crippen LogP contribution in [0.2, 0.25) is 0 Å². The molecule has 0 N–H and O–H groups in total. The van der Waals surface area contributed by atoms with Crippen molar-refractivity contribution >= 4 is 17.2 Å². The van der Waals surface area contributed by atoms with Crippen LogP contribution < -0.4 is 0 Å². The SMILES string of the molecule is O=C(Cc1ccsc1)N1CCCC(OCc2nc(C3CC3)no2)C1. The number of thiophene rings is 1. The maximum atomic E-state index is 12.4.